The number of aromatic nitrogens is 1. The number of thiol groups is 1. The van der Waals surface area contributed by atoms with Crippen LogP contribution in [-0.2, 0) is 16.4 Å². The predicted molar refractivity (Wildman–Crippen MR) is 139 cm³/mol. The summed E-state index contributed by atoms with van der Waals surface area (Å²) < 4.78 is 17.1. The summed E-state index contributed by atoms with van der Waals surface area (Å²) in [5, 5.41) is 11.7. The molecule has 11 heteroatoms. The maximum atomic E-state index is 12.9. The Labute approximate surface area is 263 Å². The number of nitrogens with zero attached hydrogens (tertiary/aromatic N) is 1. The first-order chi connectivity index (χ1) is 16.9. The first-order valence-electron chi connectivity index (χ1n) is 10.6. The minimum atomic E-state index is -1.09. The summed E-state index contributed by atoms with van der Waals surface area (Å²) in [5.74, 6) is -0.383. The zero-order valence-corrected chi connectivity index (χ0v) is 25.3. The zero-order valence-electron chi connectivity index (χ0n) is 20.5. The van der Waals surface area contributed by atoms with Crippen LogP contribution in [0.5, 0.6) is 11.5 Å². The number of rotatable bonds is 10. The molecular formula is C25H27KN2O6S2. The summed E-state index contributed by atoms with van der Waals surface area (Å²) in [6.45, 7) is 4.16. The van der Waals surface area contributed by atoms with E-state index in [-0.39, 0.29) is 75.0 Å². The molecule has 0 fully saturated rings. The molecule has 1 aromatic heterocycles. The number of carbonyl (C=O) groups is 2. The average molecular weight is 555 g/mol. The number of ether oxygens (including phenoxy) is 3. The van der Waals surface area contributed by atoms with E-state index in [4.69, 9.17) is 19.3 Å². The van der Waals surface area contributed by atoms with Crippen LogP contribution in [0.25, 0.3) is 0 Å². The van der Waals surface area contributed by atoms with Crippen molar-refractivity contribution in [2.24, 2.45) is 0 Å². The van der Waals surface area contributed by atoms with E-state index < -0.39 is 11.9 Å². The van der Waals surface area contributed by atoms with Gasteiger partial charge < -0.3 is 48.0 Å². The summed E-state index contributed by atoms with van der Waals surface area (Å²) in [5.41, 5.74) is 1.32. The van der Waals surface area contributed by atoms with Gasteiger partial charge in [-0.25, -0.2) is 9.78 Å². The molecule has 0 saturated heterocycles. The van der Waals surface area contributed by atoms with Crippen LogP contribution in [0.3, 0.4) is 0 Å². The van der Waals surface area contributed by atoms with Gasteiger partial charge in [-0.05, 0) is 43.7 Å². The Hall–Kier alpha value is -1.57. The minimum Gasteiger partial charge on any atom is -0.723 e. The van der Waals surface area contributed by atoms with E-state index >= 15 is 0 Å². The first-order valence-corrected chi connectivity index (χ1v) is 12.0. The fourth-order valence-corrected chi connectivity index (χ4v) is 3.12. The van der Waals surface area contributed by atoms with Gasteiger partial charge in [0.1, 0.15) is 29.5 Å². The number of carboxylic acids is 1. The Bertz CT molecular complexity index is 1100. The zero-order chi connectivity index (χ0) is 25.8. The molecule has 186 valence electrons. The number of methoxy groups -OCH3 is 1. The molecule has 0 saturated carbocycles. The number of carbonyl (C=O) groups excluding carboxylic acids is 1. The number of carboxylic acid groups (broad SMARTS) is 1. The molecule has 0 spiro atoms. The van der Waals surface area contributed by atoms with Crippen LogP contribution in [0.4, 0.5) is 5.82 Å². The van der Waals surface area contributed by atoms with Gasteiger partial charge in [-0.3, -0.25) is 4.79 Å². The summed E-state index contributed by atoms with van der Waals surface area (Å²) in [4.78, 5) is 27.9. The Morgan fingerprint density at radius 2 is 1.64 bits per heavy atom. The molecule has 0 aliphatic carbocycles. The summed E-state index contributed by atoms with van der Waals surface area (Å²) >= 11 is 6.89. The number of hydrogen-bond donors (Lipinski definition) is 3. The second kappa shape index (κ2) is 17.0. The van der Waals surface area contributed by atoms with Gasteiger partial charge in [-0.2, -0.15) is 0 Å². The van der Waals surface area contributed by atoms with Crippen molar-refractivity contribution in [3.8, 4) is 11.5 Å². The molecule has 0 aliphatic rings. The van der Waals surface area contributed by atoms with Gasteiger partial charge in [-0.1, -0.05) is 30.3 Å². The minimum absolute atomic E-state index is 0. The molecule has 3 rings (SSSR count). The quantitative estimate of drug-likeness (QED) is 0.151. The fourth-order valence-electron chi connectivity index (χ4n) is 3.12. The predicted octanol–water partition coefficient (Wildman–Crippen LogP) is 1.97. The van der Waals surface area contributed by atoms with Gasteiger partial charge in [0.25, 0.3) is 5.91 Å². The van der Waals surface area contributed by atoms with E-state index in [0.29, 0.717) is 23.7 Å². The number of amides is 1. The fraction of sp³-hybridized carbons (Fsp3) is 0.240. The van der Waals surface area contributed by atoms with E-state index in [0.717, 1.165) is 5.56 Å². The van der Waals surface area contributed by atoms with Gasteiger partial charge in [0.15, 0.2) is 0 Å². The number of benzene rings is 2. The first kappa shape index (κ1) is 32.5. The number of anilines is 1. The van der Waals surface area contributed by atoms with Crippen LogP contribution in [0.2, 0.25) is 0 Å². The molecule has 1 unspecified atom stereocenters. The average Bonchev–Trinajstić information content (AvgIpc) is 2.86. The largest absolute Gasteiger partial charge is 1.00 e. The smallest absolute Gasteiger partial charge is 0.723 e. The van der Waals surface area contributed by atoms with Gasteiger partial charge in [-0.15, -0.1) is 0 Å². The van der Waals surface area contributed by atoms with Crippen LogP contribution in [-0.4, -0.2) is 41.8 Å². The molecule has 0 radical (unpaired) electrons. The van der Waals surface area contributed by atoms with Crippen molar-refractivity contribution >= 4 is 41.0 Å². The van der Waals surface area contributed by atoms with Crippen molar-refractivity contribution in [3.63, 3.8) is 0 Å². The maximum absolute atomic E-state index is 12.9. The molecule has 1 heterocycles. The Balaban J connectivity index is 0.00000211. The molecule has 0 aliphatic heterocycles. The topological polar surface area (TPSA) is 107 Å². The SMILES string of the molecule is COC[C@H](C)Oc1cc(OC(C)c2ccccc2)cc(C(=O)Nc2ccc(C(=O)O)cn2)c1.[K+].[S-]S. The third kappa shape index (κ3) is 10.4. The number of pyridine rings is 1. The second-order valence-electron chi connectivity index (χ2n) is 7.44. The van der Waals surface area contributed by atoms with Crippen molar-refractivity contribution in [1.82, 2.24) is 4.98 Å². The normalized spacial score (nSPS) is 11.6. The van der Waals surface area contributed by atoms with Crippen LogP contribution in [0.15, 0.2) is 66.9 Å². The molecule has 2 atom stereocenters. The molecule has 36 heavy (non-hydrogen) atoms. The van der Waals surface area contributed by atoms with E-state index in [2.05, 4.69) is 33.6 Å². The van der Waals surface area contributed by atoms with E-state index in [1.54, 1.807) is 25.3 Å². The van der Waals surface area contributed by atoms with Crippen molar-refractivity contribution in [2.45, 2.75) is 26.1 Å². The summed E-state index contributed by atoms with van der Waals surface area (Å²) in [6, 6.07) is 17.5. The Morgan fingerprint density at radius 3 is 2.19 bits per heavy atom. The monoisotopic (exact) mass is 554 g/mol. The van der Waals surface area contributed by atoms with Crippen LogP contribution in [0.1, 0.15) is 46.2 Å². The number of aromatic carboxylic acids is 1. The number of hydrogen-bond acceptors (Lipinski definition) is 8. The molecular weight excluding hydrogens is 528 g/mol. The molecule has 2 N–H and O–H groups in total. The van der Waals surface area contributed by atoms with Gasteiger partial charge in [0.05, 0.1) is 12.2 Å². The molecule has 2 aromatic carbocycles. The summed E-state index contributed by atoms with van der Waals surface area (Å²) in [6.07, 6.45) is 0.692. The molecule has 0 bridgehead atoms. The van der Waals surface area contributed by atoms with Crippen molar-refractivity contribution in [3.05, 3.63) is 83.6 Å². The van der Waals surface area contributed by atoms with Crippen molar-refractivity contribution in [1.29, 1.82) is 0 Å². The third-order valence-corrected chi connectivity index (χ3v) is 4.71. The van der Waals surface area contributed by atoms with Gasteiger partial charge >= 0.3 is 57.4 Å². The van der Waals surface area contributed by atoms with E-state index in [9.17, 15) is 9.59 Å². The standard InChI is InChI=1S/C25H26N2O6.K.H2S2/c1-16(15-31-3)32-21-11-20(24(28)27-23-10-9-19(14-26-23)25(29)30)12-22(13-21)33-17(2)18-7-5-4-6-8-18;;1-2/h4-14,16-17H,15H2,1-3H3,(H,29,30)(H,26,27,28);;1-2H/q;+1;/p-1/t16-,17?;;/m0../s1. The second-order valence-corrected chi connectivity index (χ2v) is 7.44. The Kier molecular flexibility index (Phi) is 15.4. The van der Waals surface area contributed by atoms with Crippen LogP contribution < -0.4 is 66.2 Å². The molecule has 3 aromatic rings. The van der Waals surface area contributed by atoms with Crippen LogP contribution in [0, 0.1) is 0 Å². The van der Waals surface area contributed by atoms with E-state index in [1.165, 1.54) is 18.3 Å². The Morgan fingerprint density at radius 1 is 1.00 bits per heavy atom. The number of nitrogens with one attached hydrogen (secondary N) is 1. The van der Waals surface area contributed by atoms with E-state index in [1.807, 2.05) is 44.2 Å². The summed E-state index contributed by atoms with van der Waals surface area (Å²) in [7, 11) is 1.59. The molecule has 1 amide bonds. The van der Waals surface area contributed by atoms with Gasteiger partial charge in [0, 0.05) is 24.9 Å². The van der Waals surface area contributed by atoms with Gasteiger partial charge in [0.2, 0.25) is 0 Å². The maximum Gasteiger partial charge on any atom is 1.00 e. The molecule has 8 nitrogen and oxygen atoms in total. The van der Waals surface area contributed by atoms with Crippen LogP contribution >= 0.6 is 11.7 Å². The third-order valence-electron chi connectivity index (χ3n) is 4.71. The van der Waals surface area contributed by atoms with Crippen molar-refractivity contribution in [2.75, 3.05) is 19.0 Å². The van der Waals surface area contributed by atoms with Crippen molar-refractivity contribution < 1.29 is 80.3 Å².